The number of nitriles is 1. The van der Waals surface area contributed by atoms with Crippen LogP contribution in [0.25, 0.3) is 22.8 Å². The van der Waals surface area contributed by atoms with Gasteiger partial charge in [0.1, 0.15) is 23.6 Å². The van der Waals surface area contributed by atoms with Gasteiger partial charge >= 0.3 is 0 Å². The van der Waals surface area contributed by atoms with Gasteiger partial charge in [-0.05, 0) is 48.4 Å². The van der Waals surface area contributed by atoms with Crippen molar-refractivity contribution >= 4 is 0 Å². The van der Waals surface area contributed by atoms with Crippen LogP contribution in [0.2, 0.25) is 0 Å². The summed E-state index contributed by atoms with van der Waals surface area (Å²) in [6.45, 7) is 6.29. The van der Waals surface area contributed by atoms with Crippen LogP contribution in [0, 0.1) is 28.9 Å². The van der Waals surface area contributed by atoms with E-state index in [1.165, 1.54) is 24.5 Å². The van der Waals surface area contributed by atoms with Gasteiger partial charge in [-0.3, -0.25) is 4.98 Å². The number of hydrogen-bond donors (Lipinski definition) is 0. The number of benzene rings is 1. The monoisotopic (exact) mass is 500 g/mol. The van der Waals surface area contributed by atoms with E-state index in [-0.39, 0.29) is 23.1 Å². The maximum atomic E-state index is 14.5. The molecule has 0 fully saturated rings. The number of fused-ring (bicyclic) bond motifs is 1. The molecule has 0 N–H and O–H groups in total. The van der Waals surface area contributed by atoms with E-state index in [9.17, 15) is 8.78 Å². The van der Waals surface area contributed by atoms with Crippen LogP contribution in [-0.2, 0) is 11.8 Å². The second-order valence-electron chi connectivity index (χ2n) is 9.79. The van der Waals surface area contributed by atoms with Crippen molar-refractivity contribution in [2.24, 2.45) is 5.92 Å². The lowest BCUT2D eigenvalue weighted by Crippen LogP contribution is -2.40. The Morgan fingerprint density at radius 1 is 1.14 bits per heavy atom. The molecule has 3 aromatic heterocycles. The zero-order chi connectivity index (χ0) is 26.2. The molecule has 1 aliphatic rings. The quantitative estimate of drug-likeness (QED) is 0.312. The zero-order valence-corrected chi connectivity index (χ0v) is 20.9. The molecule has 37 heavy (non-hydrogen) atoms. The van der Waals surface area contributed by atoms with Gasteiger partial charge in [-0.25, -0.2) is 18.7 Å². The number of oxazole rings is 1. The van der Waals surface area contributed by atoms with E-state index in [4.69, 9.17) is 14.7 Å². The Bertz CT molecular complexity index is 1470. The fraction of sp³-hybridized carbons (Fsp3) is 0.357. The van der Waals surface area contributed by atoms with E-state index in [1.54, 1.807) is 18.5 Å². The molecule has 0 aliphatic heterocycles. The topological polar surface area (TPSA) is 101 Å². The van der Waals surface area contributed by atoms with Crippen LogP contribution in [0.1, 0.15) is 68.6 Å². The zero-order valence-electron chi connectivity index (χ0n) is 20.9. The summed E-state index contributed by atoms with van der Waals surface area (Å²) in [5, 5.41) is 17.7. The Hall–Kier alpha value is -4.06. The van der Waals surface area contributed by atoms with Crippen LogP contribution in [0.5, 0.6) is 0 Å². The van der Waals surface area contributed by atoms with Gasteiger partial charge in [0.05, 0.1) is 46.0 Å². The molecule has 0 unspecified atom stereocenters. The maximum Gasteiger partial charge on any atom is 0.246 e. The Kier molecular flexibility index (Phi) is 6.50. The molecule has 0 amide bonds. The van der Waals surface area contributed by atoms with Gasteiger partial charge in [0.15, 0.2) is 0 Å². The lowest BCUT2D eigenvalue weighted by Gasteiger charge is -2.42. The standard InChI is InChI=1S/C28H26F2N6O/c1-16(2)28(24-14-32-13-23(34-24)27-33-18(15-37-27)6-5-11-31)10-9-17(3)19-12-22(35-36-26(19)28)25-20(29)7-4-8-21(25)30/h4,7-8,12-17H,5-6,9-10H2,1-3H3/t17-,28-/m0/s1. The van der Waals surface area contributed by atoms with Gasteiger partial charge in [0.25, 0.3) is 0 Å². The first-order valence-electron chi connectivity index (χ1n) is 12.3. The highest BCUT2D eigenvalue weighted by molar-refractivity contribution is 5.62. The van der Waals surface area contributed by atoms with Crippen molar-refractivity contribution in [1.29, 1.82) is 5.26 Å². The van der Waals surface area contributed by atoms with E-state index >= 15 is 0 Å². The number of halogens is 2. The molecule has 2 atom stereocenters. The SMILES string of the molecule is CC(C)[C@]1(c2cncc(-c3nc(CCC#N)co3)n2)CC[C@H](C)c2cc(-c3c(F)cccc3F)nnc21. The maximum absolute atomic E-state index is 14.5. The number of hydrogen-bond acceptors (Lipinski definition) is 7. The number of aryl methyl sites for hydroxylation is 1. The average Bonchev–Trinajstić information content (AvgIpc) is 3.37. The van der Waals surface area contributed by atoms with Crippen LogP contribution in [-0.4, -0.2) is 25.1 Å². The molecule has 3 heterocycles. The minimum absolute atomic E-state index is 0.0735. The summed E-state index contributed by atoms with van der Waals surface area (Å²) >= 11 is 0. The van der Waals surface area contributed by atoms with Crippen LogP contribution < -0.4 is 0 Å². The first kappa shape index (κ1) is 24.6. The van der Waals surface area contributed by atoms with E-state index in [1.807, 2.05) is 0 Å². The van der Waals surface area contributed by atoms with E-state index in [2.05, 4.69) is 47.0 Å². The molecule has 5 rings (SSSR count). The van der Waals surface area contributed by atoms with Crippen molar-refractivity contribution in [3.63, 3.8) is 0 Å². The summed E-state index contributed by atoms with van der Waals surface area (Å²) in [4.78, 5) is 13.8. The first-order valence-corrected chi connectivity index (χ1v) is 12.3. The van der Waals surface area contributed by atoms with Gasteiger partial charge in [-0.15, -0.1) is 5.10 Å². The molecule has 9 heteroatoms. The van der Waals surface area contributed by atoms with E-state index < -0.39 is 17.0 Å². The average molecular weight is 501 g/mol. The summed E-state index contributed by atoms with van der Waals surface area (Å²) in [7, 11) is 0. The molecule has 1 aliphatic carbocycles. The molecule has 0 radical (unpaired) electrons. The third-order valence-electron chi connectivity index (χ3n) is 7.31. The number of aromatic nitrogens is 5. The molecule has 0 bridgehead atoms. The van der Waals surface area contributed by atoms with Gasteiger partial charge in [-0.2, -0.15) is 10.4 Å². The summed E-state index contributed by atoms with van der Waals surface area (Å²) in [6, 6.07) is 7.64. The lowest BCUT2D eigenvalue weighted by atomic mass is 9.62. The summed E-state index contributed by atoms with van der Waals surface area (Å²) < 4.78 is 34.7. The van der Waals surface area contributed by atoms with Crippen molar-refractivity contribution < 1.29 is 13.2 Å². The largest absolute Gasteiger partial charge is 0.443 e. The second kappa shape index (κ2) is 9.77. The highest BCUT2D eigenvalue weighted by Crippen LogP contribution is 2.50. The van der Waals surface area contributed by atoms with Gasteiger partial charge in [-0.1, -0.05) is 26.8 Å². The van der Waals surface area contributed by atoms with Crippen molar-refractivity contribution in [1.82, 2.24) is 25.1 Å². The molecular weight excluding hydrogens is 474 g/mol. The van der Waals surface area contributed by atoms with Gasteiger partial charge < -0.3 is 4.42 Å². The number of rotatable bonds is 6. The minimum atomic E-state index is -0.675. The summed E-state index contributed by atoms with van der Waals surface area (Å²) in [5.41, 5.74) is 2.90. The minimum Gasteiger partial charge on any atom is -0.443 e. The van der Waals surface area contributed by atoms with Crippen molar-refractivity contribution in [2.75, 3.05) is 0 Å². The van der Waals surface area contributed by atoms with Crippen LogP contribution in [0.3, 0.4) is 0 Å². The Balaban J connectivity index is 1.62. The van der Waals surface area contributed by atoms with E-state index in [0.717, 1.165) is 24.1 Å². The van der Waals surface area contributed by atoms with Crippen LogP contribution in [0.15, 0.2) is 47.3 Å². The molecule has 0 saturated heterocycles. The predicted octanol–water partition coefficient (Wildman–Crippen LogP) is 6.16. The first-order chi connectivity index (χ1) is 17.8. The summed E-state index contributed by atoms with van der Waals surface area (Å²) in [6.07, 6.45) is 7.30. The third-order valence-corrected chi connectivity index (χ3v) is 7.31. The Labute approximate surface area is 213 Å². The third kappa shape index (κ3) is 4.26. The van der Waals surface area contributed by atoms with Crippen molar-refractivity contribution in [3.8, 4) is 28.9 Å². The van der Waals surface area contributed by atoms with Crippen molar-refractivity contribution in [2.45, 2.75) is 57.8 Å². The lowest BCUT2D eigenvalue weighted by molar-refractivity contribution is 0.286. The smallest absolute Gasteiger partial charge is 0.246 e. The van der Waals surface area contributed by atoms with E-state index in [0.29, 0.717) is 35.8 Å². The fourth-order valence-electron chi connectivity index (χ4n) is 5.23. The summed E-state index contributed by atoms with van der Waals surface area (Å²) in [5.74, 6) is -0.819. The predicted molar refractivity (Wildman–Crippen MR) is 132 cm³/mol. The van der Waals surface area contributed by atoms with Crippen LogP contribution >= 0.6 is 0 Å². The number of nitrogens with zero attached hydrogens (tertiary/aromatic N) is 6. The highest BCUT2D eigenvalue weighted by Gasteiger charge is 2.46. The highest BCUT2D eigenvalue weighted by atomic mass is 19.1. The molecule has 7 nitrogen and oxygen atoms in total. The molecule has 188 valence electrons. The van der Waals surface area contributed by atoms with Gasteiger partial charge in [0.2, 0.25) is 5.89 Å². The Morgan fingerprint density at radius 2 is 1.92 bits per heavy atom. The molecule has 4 aromatic rings. The van der Waals surface area contributed by atoms with Crippen LogP contribution in [0.4, 0.5) is 8.78 Å². The molecule has 0 saturated carbocycles. The Morgan fingerprint density at radius 3 is 2.65 bits per heavy atom. The van der Waals surface area contributed by atoms with Gasteiger partial charge in [0, 0.05) is 19.0 Å². The molecule has 1 aromatic carbocycles. The second-order valence-corrected chi connectivity index (χ2v) is 9.79. The normalized spacial score (nSPS) is 19.0. The molecule has 0 spiro atoms. The molecular formula is C28H26F2N6O. The fourth-order valence-corrected chi connectivity index (χ4v) is 5.23. The van der Waals surface area contributed by atoms with Crippen molar-refractivity contribution in [3.05, 3.63) is 77.2 Å².